The van der Waals surface area contributed by atoms with Gasteiger partial charge in [-0.3, -0.25) is 4.72 Å². The van der Waals surface area contributed by atoms with Crippen molar-refractivity contribution in [3.8, 4) is 0 Å². The van der Waals surface area contributed by atoms with E-state index in [0.29, 0.717) is 16.6 Å². The predicted octanol–water partition coefficient (Wildman–Crippen LogP) is 3.88. The molecule has 0 radical (unpaired) electrons. The molecule has 1 heterocycles. The van der Waals surface area contributed by atoms with E-state index in [-0.39, 0.29) is 0 Å². The molecular weight excluding hydrogens is 322 g/mol. The van der Waals surface area contributed by atoms with Crippen molar-refractivity contribution in [3.63, 3.8) is 0 Å². The van der Waals surface area contributed by atoms with Crippen LogP contribution in [0.3, 0.4) is 0 Å². The van der Waals surface area contributed by atoms with Gasteiger partial charge < -0.3 is 5.32 Å². The average molecular weight is 347 g/mol. The molecule has 0 unspecified atom stereocenters. The van der Waals surface area contributed by atoms with Gasteiger partial charge in [-0.1, -0.05) is 31.5 Å². The van der Waals surface area contributed by atoms with Crippen LogP contribution < -0.4 is 10.0 Å². The number of anilines is 2. The summed E-state index contributed by atoms with van der Waals surface area (Å²) in [4.78, 5) is 4.51. The second kappa shape index (κ2) is 7.21. The maximum atomic E-state index is 12.7. The van der Waals surface area contributed by atoms with Gasteiger partial charge in [0.15, 0.2) is 0 Å². The molecule has 0 aliphatic heterocycles. The molecule has 0 aliphatic carbocycles. The van der Waals surface area contributed by atoms with E-state index < -0.39 is 10.0 Å². The van der Waals surface area contributed by atoms with E-state index in [9.17, 15) is 8.42 Å². The quantitative estimate of drug-likeness (QED) is 0.832. The van der Waals surface area contributed by atoms with Crippen LogP contribution in [0.1, 0.15) is 30.5 Å². The Labute approximate surface area is 144 Å². The van der Waals surface area contributed by atoms with Gasteiger partial charge in [-0.15, -0.1) is 0 Å². The first kappa shape index (κ1) is 18.3. The summed E-state index contributed by atoms with van der Waals surface area (Å²) in [6.45, 7) is 10.6. The number of pyridine rings is 1. The fourth-order valence-electron chi connectivity index (χ4n) is 2.66. The van der Waals surface area contributed by atoms with E-state index in [1.54, 1.807) is 26.1 Å². The van der Waals surface area contributed by atoms with Gasteiger partial charge in [0.05, 0.1) is 16.8 Å². The van der Waals surface area contributed by atoms with Crippen molar-refractivity contribution in [2.24, 2.45) is 5.92 Å². The van der Waals surface area contributed by atoms with E-state index in [4.69, 9.17) is 0 Å². The summed E-state index contributed by atoms with van der Waals surface area (Å²) in [7, 11) is -3.66. The monoisotopic (exact) mass is 347 g/mol. The van der Waals surface area contributed by atoms with E-state index in [1.165, 1.54) is 0 Å². The van der Waals surface area contributed by atoms with Crippen LogP contribution in [0.5, 0.6) is 0 Å². The fraction of sp³-hybridized carbons (Fsp3) is 0.389. The Kier molecular flexibility index (Phi) is 5.49. The zero-order valence-corrected chi connectivity index (χ0v) is 15.7. The van der Waals surface area contributed by atoms with Gasteiger partial charge in [0.2, 0.25) is 0 Å². The number of nitrogens with one attached hydrogen (secondary N) is 2. The van der Waals surface area contributed by atoms with Crippen molar-refractivity contribution in [1.82, 2.24) is 4.98 Å². The fourth-order valence-corrected chi connectivity index (χ4v) is 4.12. The highest BCUT2D eigenvalue weighted by Gasteiger charge is 2.20. The molecule has 0 amide bonds. The second-order valence-electron chi connectivity index (χ2n) is 6.54. The first-order valence-corrected chi connectivity index (χ1v) is 9.48. The number of aryl methyl sites for hydroxylation is 3. The molecule has 130 valence electrons. The molecule has 5 nitrogen and oxygen atoms in total. The van der Waals surface area contributed by atoms with Crippen LogP contribution >= 0.6 is 0 Å². The largest absolute Gasteiger partial charge is 0.384 e. The smallest absolute Gasteiger partial charge is 0.263 e. The lowest BCUT2D eigenvalue weighted by molar-refractivity contribution is 0.600. The molecule has 24 heavy (non-hydrogen) atoms. The molecule has 1 aromatic heterocycles. The van der Waals surface area contributed by atoms with Crippen LogP contribution in [-0.2, 0) is 10.0 Å². The third-order valence-corrected chi connectivity index (χ3v) is 5.25. The second-order valence-corrected chi connectivity index (χ2v) is 8.16. The average Bonchev–Trinajstić information content (AvgIpc) is 2.44. The Balaban J connectivity index is 2.21. The van der Waals surface area contributed by atoms with E-state index in [2.05, 4.69) is 28.9 Å². The predicted molar refractivity (Wildman–Crippen MR) is 99.0 cm³/mol. The zero-order chi connectivity index (χ0) is 17.9. The summed E-state index contributed by atoms with van der Waals surface area (Å²) < 4.78 is 27.9. The Morgan fingerprint density at radius 3 is 2.21 bits per heavy atom. The minimum atomic E-state index is -3.66. The highest BCUT2D eigenvalue weighted by Crippen LogP contribution is 2.24. The van der Waals surface area contributed by atoms with Gasteiger partial charge in [0.1, 0.15) is 5.82 Å². The van der Waals surface area contributed by atoms with E-state index in [1.807, 2.05) is 25.1 Å². The van der Waals surface area contributed by atoms with Crippen LogP contribution in [0.15, 0.2) is 35.4 Å². The van der Waals surface area contributed by atoms with Crippen LogP contribution in [0.2, 0.25) is 0 Å². The summed E-state index contributed by atoms with van der Waals surface area (Å²) in [5, 5.41) is 3.25. The SMILES string of the molecule is Cc1cc(C)c(S(=O)(=O)Nc2ccc(NCC(C)C)cn2)c(C)c1. The standard InChI is InChI=1S/C18H25N3O2S/c1-12(2)10-19-16-6-7-17(20-11-16)21-24(22,23)18-14(4)8-13(3)9-15(18)5/h6-9,11-12,19H,10H2,1-5H3,(H,20,21). The highest BCUT2D eigenvalue weighted by molar-refractivity contribution is 7.92. The highest BCUT2D eigenvalue weighted by atomic mass is 32.2. The summed E-state index contributed by atoms with van der Waals surface area (Å²) in [6, 6.07) is 7.23. The van der Waals surface area contributed by atoms with Crippen LogP contribution in [0.25, 0.3) is 0 Å². The molecule has 0 bridgehead atoms. The summed E-state index contributed by atoms with van der Waals surface area (Å²) >= 11 is 0. The Bertz CT molecular complexity index is 790. The van der Waals surface area contributed by atoms with Crippen molar-refractivity contribution in [2.75, 3.05) is 16.6 Å². The van der Waals surface area contributed by atoms with E-state index >= 15 is 0 Å². The van der Waals surface area contributed by atoms with Gasteiger partial charge in [-0.05, 0) is 49.9 Å². The number of hydrogen-bond donors (Lipinski definition) is 2. The van der Waals surface area contributed by atoms with Crippen molar-refractivity contribution in [1.29, 1.82) is 0 Å². The maximum absolute atomic E-state index is 12.7. The van der Waals surface area contributed by atoms with Crippen LogP contribution in [-0.4, -0.2) is 19.9 Å². The van der Waals surface area contributed by atoms with E-state index in [0.717, 1.165) is 28.9 Å². The number of aromatic nitrogens is 1. The molecule has 0 atom stereocenters. The molecule has 2 rings (SSSR count). The number of hydrogen-bond acceptors (Lipinski definition) is 4. The molecule has 0 fully saturated rings. The molecular formula is C18H25N3O2S. The van der Waals surface area contributed by atoms with Crippen molar-refractivity contribution in [2.45, 2.75) is 39.5 Å². The maximum Gasteiger partial charge on any atom is 0.263 e. The summed E-state index contributed by atoms with van der Waals surface area (Å²) in [6.07, 6.45) is 1.63. The van der Waals surface area contributed by atoms with Gasteiger partial charge in [0, 0.05) is 6.54 Å². The van der Waals surface area contributed by atoms with Gasteiger partial charge >= 0.3 is 0 Å². The third-order valence-electron chi connectivity index (χ3n) is 3.59. The van der Waals surface area contributed by atoms with Crippen molar-refractivity contribution >= 4 is 21.5 Å². The molecule has 0 saturated carbocycles. The normalized spacial score (nSPS) is 11.6. The Hall–Kier alpha value is -2.08. The molecule has 6 heteroatoms. The van der Waals surface area contributed by atoms with Crippen LogP contribution in [0.4, 0.5) is 11.5 Å². The number of rotatable bonds is 6. The third kappa shape index (κ3) is 4.47. The molecule has 2 N–H and O–H groups in total. The summed E-state index contributed by atoms with van der Waals surface area (Å²) in [5.41, 5.74) is 3.38. The number of benzene rings is 1. The molecule has 0 saturated heterocycles. The Morgan fingerprint density at radius 1 is 1.08 bits per heavy atom. The molecule has 2 aromatic rings. The summed E-state index contributed by atoms with van der Waals surface area (Å²) in [5.74, 6) is 0.833. The molecule has 0 spiro atoms. The lowest BCUT2D eigenvalue weighted by Crippen LogP contribution is -2.17. The molecule has 1 aromatic carbocycles. The first-order chi connectivity index (χ1) is 11.2. The number of nitrogens with zero attached hydrogens (tertiary/aromatic N) is 1. The van der Waals surface area contributed by atoms with Gasteiger partial charge in [-0.25, -0.2) is 13.4 Å². The van der Waals surface area contributed by atoms with Crippen LogP contribution in [0, 0.1) is 26.7 Å². The van der Waals surface area contributed by atoms with Gasteiger partial charge in [0.25, 0.3) is 10.0 Å². The number of sulfonamides is 1. The zero-order valence-electron chi connectivity index (χ0n) is 14.8. The lowest BCUT2D eigenvalue weighted by atomic mass is 10.1. The lowest BCUT2D eigenvalue weighted by Gasteiger charge is -2.14. The topological polar surface area (TPSA) is 71.1 Å². The Morgan fingerprint density at radius 2 is 1.71 bits per heavy atom. The van der Waals surface area contributed by atoms with Crippen molar-refractivity contribution in [3.05, 3.63) is 47.2 Å². The minimum absolute atomic E-state index is 0.310. The van der Waals surface area contributed by atoms with Gasteiger partial charge in [-0.2, -0.15) is 0 Å². The first-order valence-electron chi connectivity index (χ1n) is 7.99. The minimum Gasteiger partial charge on any atom is -0.384 e. The molecule has 0 aliphatic rings. The van der Waals surface area contributed by atoms with Crippen molar-refractivity contribution < 1.29 is 8.42 Å².